The lowest BCUT2D eigenvalue weighted by Gasteiger charge is -2.06. The van der Waals surface area contributed by atoms with Crippen molar-refractivity contribution in [3.8, 4) is 11.1 Å². The van der Waals surface area contributed by atoms with Crippen LogP contribution in [0.3, 0.4) is 0 Å². The third-order valence-corrected chi connectivity index (χ3v) is 4.88. The van der Waals surface area contributed by atoms with Gasteiger partial charge in [0, 0.05) is 37.0 Å². The van der Waals surface area contributed by atoms with Gasteiger partial charge in [0.1, 0.15) is 0 Å². The molecule has 2 heteroatoms. The van der Waals surface area contributed by atoms with E-state index in [0.717, 1.165) is 11.3 Å². The van der Waals surface area contributed by atoms with Crippen molar-refractivity contribution < 1.29 is 0 Å². The first kappa shape index (κ1) is 13.7. The van der Waals surface area contributed by atoms with E-state index in [9.17, 15) is 0 Å². The van der Waals surface area contributed by atoms with Crippen LogP contribution in [-0.4, -0.2) is 0 Å². The Labute approximate surface area is 128 Å². The zero-order chi connectivity index (χ0) is 13.5. The van der Waals surface area contributed by atoms with Gasteiger partial charge in [-0.05, 0) is 12.1 Å². The molecule has 0 unspecified atom stereocenters. The highest BCUT2D eigenvalue weighted by Gasteiger charge is 2.10. The smallest absolute Gasteiger partial charge is 0.0434 e. The van der Waals surface area contributed by atoms with Crippen molar-refractivity contribution in [2.24, 2.45) is 0 Å². The average molecular weight is 291 g/mol. The minimum atomic E-state index is 0. The summed E-state index contributed by atoms with van der Waals surface area (Å²) in [5.41, 5.74) is 9.31. The molecule has 0 spiro atoms. The molecule has 0 atom stereocenters. The number of hydrogen-bond donors (Lipinski definition) is 1. The zero-order valence-corrected chi connectivity index (χ0v) is 11.7. The van der Waals surface area contributed by atoms with Gasteiger partial charge in [0.25, 0.3) is 0 Å². The maximum Gasteiger partial charge on any atom is 0.0434 e. The summed E-state index contributed by atoms with van der Waals surface area (Å²) in [6, 6.07) is 23.1. The van der Waals surface area contributed by atoms with Gasteiger partial charge in [-0.25, -0.2) is 0 Å². The standard InChI is InChI=1S/C18H13NS.CH4/c19-16-10-3-1-6-12(16)14-8-5-9-15-13-7-2-4-11-17(13)20-18(14)15;/h1-11H,19H2;1H4. The van der Waals surface area contributed by atoms with E-state index >= 15 is 0 Å². The second kappa shape index (κ2) is 5.23. The molecular formula is C19H17NS. The Bertz CT molecular complexity index is 921. The number of anilines is 1. The van der Waals surface area contributed by atoms with Gasteiger partial charge in [0.05, 0.1) is 0 Å². The predicted octanol–water partition coefficient (Wildman–Crippen LogP) is 5.94. The predicted molar refractivity (Wildman–Crippen MR) is 95.9 cm³/mol. The molecule has 21 heavy (non-hydrogen) atoms. The second-order valence-corrected chi connectivity index (χ2v) is 5.92. The van der Waals surface area contributed by atoms with E-state index in [4.69, 9.17) is 5.73 Å². The van der Waals surface area contributed by atoms with Crippen molar-refractivity contribution in [1.29, 1.82) is 0 Å². The minimum absolute atomic E-state index is 0. The van der Waals surface area contributed by atoms with Crippen molar-refractivity contribution in [3.63, 3.8) is 0 Å². The van der Waals surface area contributed by atoms with Crippen LogP contribution >= 0.6 is 11.3 Å². The highest BCUT2D eigenvalue weighted by atomic mass is 32.1. The fourth-order valence-corrected chi connectivity index (χ4v) is 3.93. The lowest BCUT2D eigenvalue weighted by Crippen LogP contribution is -1.88. The fraction of sp³-hybridized carbons (Fsp3) is 0.0526. The Hall–Kier alpha value is -2.32. The molecular weight excluding hydrogens is 274 g/mol. The number of rotatable bonds is 1. The maximum absolute atomic E-state index is 6.14. The first-order chi connectivity index (χ1) is 9.84. The SMILES string of the molecule is C.Nc1ccccc1-c1cccc2c1sc1ccccc12. The van der Waals surface area contributed by atoms with E-state index in [0.29, 0.717) is 0 Å². The molecule has 1 aromatic heterocycles. The Morgan fingerprint density at radius 2 is 1.33 bits per heavy atom. The van der Waals surface area contributed by atoms with Crippen LogP contribution in [0.25, 0.3) is 31.3 Å². The maximum atomic E-state index is 6.14. The largest absolute Gasteiger partial charge is 0.398 e. The summed E-state index contributed by atoms with van der Waals surface area (Å²) in [6.45, 7) is 0. The van der Waals surface area contributed by atoms with Gasteiger partial charge in [0.2, 0.25) is 0 Å². The monoisotopic (exact) mass is 291 g/mol. The van der Waals surface area contributed by atoms with Crippen LogP contribution in [0.2, 0.25) is 0 Å². The Morgan fingerprint density at radius 3 is 2.19 bits per heavy atom. The molecule has 2 N–H and O–H groups in total. The van der Waals surface area contributed by atoms with Gasteiger partial charge in [-0.15, -0.1) is 11.3 Å². The summed E-state index contributed by atoms with van der Waals surface area (Å²) >= 11 is 1.84. The van der Waals surface area contributed by atoms with E-state index < -0.39 is 0 Å². The quantitative estimate of drug-likeness (QED) is 0.431. The number of hydrogen-bond acceptors (Lipinski definition) is 2. The summed E-state index contributed by atoms with van der Waals surface area (Å²) in [4.78, 5) is 0. The summed E-state index contributed by atoms with van der Waals surface area (Å²) < 4.78 is 2.64. The summed E-state index contributed by atoms with van der Waals surface area (Å²) in [5.74, 6) is 0. The molecule has 4 rings (SSSR count). The van der Waals surface area contributed by atoms with Crippen LogP contribution in [0.1, 0.15) is 7.43 Å². The van der Waals surface area contributed by atoms with Gasteiger partial charge < -0.3 is 5.73 Å². The van der Waals surface area contributed by atoms with Crippen LogP contribution in [0.15, 0.2) is 66.7 Å². The van der Waals surface area contributed by atoms with Gasteiger partial charge in [-0.1, -0.05) is 62.0 Å². The van der Waals surface area contributed by atoms with Gasteiger partial charge in [-0.3, -0.25) is 0 Å². The van der Waals surface area contributed by atoms with Crippen molar-refractivity contribution in [2.45, 2.75) is 7.43 Å². The topological polar surface area (TPSA) is 26.0 Å². The average Bonchev–Trinajstić information content (AvgIpc) is 2.86. The Morgan fingerprint density at radius 1 is 0.667 bits per heavy atom. The molecule has 3 aromatic carbocycles. The normalized spacial score (nSPS) is 10.7. The molecule has 0 aliphatic heterocycles. The van der Waals surface area contributed by atoms with Crippen LogP contribution in [-0.2, 0) is 0 Å². The molecule has 0 aliphatic rings. The number of thiophene rings is 1. The molecule has 0 fully saturated rings. The number of fused-ring (bicyclic) bond motifs is 3. The van der Waals surface area contributed by atoms with Crippen molar-refractivity contribution in [1.82, 2.24) is 0 Å². The second-order valence-electron chi connectivity index (χ2n) is 4.87. The number of nitrogens with two attached hydrogens (primary N) is 1. The Balaban J connectivity index is 0.00000132. The fourth-order valence-electron chi connectivity index (χ4n) is 2.70. The third kappa shape index (κ3) is 2.08. The van der Waals surface area contributed by atoms with E-state index in [1.165, 1.54) is 25.7 Å². The van der Waals surface area contributed by atoms with Crippen LogP contribution in [0, 0.1) is 0 Å². The van der Waals surface area contributed by atoms with E-state index in [2.05, 4.69) is 48.5 Å². The molecule has 4 aromatic rings. The zero-order valence-electron chi connectivity index (χ0n) is 10.8. The highest BCUT2D eigenvalue weighted by molar-refractivity contribution is 7.26. The van der Waals surface area contributed by atoms with E-state index in [-0.39, 0.29) is 7.43 Å². The van der Waals surface area contributed by atoms with Gasteiger partial charge in [-0.2, -0.15) is 0 Å². The van der Waals surface area contributed by atoms with Crippen LogP contribution < -0.4 is 5.73 Å². The first-order valence-electron chi connectivity index (χ1n) is 6.60. The third-order valence-electron chi connectivity index (χ3n) is 3.66. The number of benzene rings is 3. The molecule has 104 valence electrons. The van der Waals surface area contributed by atoms with E-state index in [1.54, 1.807) is 0 Å². The minimum Gasteiger partial charge on any atom is -0.398 e. The molecule has 0 saturated carbocycles. The molecule has 0 bridgehead atoms. The summed E-state index contributed by atoms with van der Waals surface area (Å²) in [5, 5.41) is 2.63. The summed E-state index contributed by atoms with van der Waals surface area (Å²) in [7, 11) is 0. The van der Waals surface area contributed by atoms with Crippen molar-refractivity contribution >= 4 is 37.2 Å². The van der Waals surface area contributed by atoms with Crippen molar-refractivity contribution in [2.75, 3.05) is 5.73 Å². The number of nitrogen functional groups attached to an aromatic ring is 1. The lowest BCUT2D eigenvalue weighted by atomic mass is 10.0. The van der Waals surface area contributed by atoms with Gasteiger partial charge >= 0.3 is 0 Å². The molecule has 0 aliphatic carbocycles. The molecule has 0 saturated heterocycles. The molecule has 1 nitrogen and oxygen atoms in total. The van der Waals surface area contributed by atoms with Crippen LogP contribution in [0.4, 0.5) is 5.69 Å². The van der Waals surface area contributed by atoms with Crippen molar-refractivity contribution in [3.05, 3.63) is 66.7 Å². The number of para-hydroxylation sites is 1. The molecule has 0 radical (unpaired) electrons. The highest BCUT2D eigenvalue weighted by Crippen LogP contribution is 2.40. The van der Waals surface area contributed by atoms with Crippen LogP contribution in [0.5, 0.6) is 0 Å². The summed E-state index contributed by atoms with van der Waals surface area (Å²) in [6.07, 6.45) is 0. The van der Waals surface area contributed by atoms with Gasteiger partial charge in [0.15, 0.2) is 0 Å². The first-order valence-corrected chi connectivity index (χ1v) is 7.41. The Kier molecular flexibility index (Phi) is 3.40. The molecule has 0 amide bonds. The lowest BCUT2D eigenvalue weighted by molar-refractivity contribution is 1.65. The molecule has 1 heterocycles. The van der Waals surface area contributed by atoms with E-state index in [1.807, 2.05) is 29.5 Å².